The van der Waals surface area contributed by atoms with Crippen LogP contribution in [0.3, 0.4) is 0 Å². The number of allylic oxidation sites excluding steroid dienone is 2. The molecule has 6 rings (SSSR count). The number of nitrogens with one attached hydrogen (secondary N) is 1. The van der Waals surface area contributed by atoms with E-state index < -0.39 is 6.04 Å². The number of ketones is 1. The van der Waals surface area contributed by atoms with E-state index in [9.17, 15) is 4.79 Å². The summed E-state index contributed by atoms with van der Waals surface area (Å²) >= 11 is 7.88. The van der Waals surface area contributed by atoms with Gasteiger partial charge in [0.15, 0.2) is 17.3 Å². The molecule has 0 radical (unpaired) electrons. The van der Waals surface area contributed by atoms with Crippen LogP contribution >= 0.6 is 23.4 Å². The molecule has 7 nitrogen and oxygen atoms in total. The number of halogens is 1. The van der Waals surface area contributed by atoms with Gasteiger partial charge in [-0.2, -0.15) is 4.98 Å². The van der Waals surface area contributed by atoms with Gasteiger partial charge in [-0.15, -0.1) is 5.10 Å². The van der Waals surface area contributed by atoms with Crippen LogP contribution in [0, 0.1) is 0 Å². The van der Waals surface area contributed by atoms with Gasteiger partial charge in [-0.25, -0.2) is 4.68 Å². The van der Waals surface area contributed by atoms with Crippen molar-refractivity contribution in [1.82, 2.24) is 14.8 Å². The van der Waals surface area contributed by atoms with E-state index in [2.05, 4.69) is 5.32 Å². The molecule has 1 aliphatic carbocycles. The molecule has 0 spiro atoms. The van der Waals surface area contributed by atoms with Crippen LogP contribution < -0.4 is 14.8 Å². The van der Waals surface area contributed by atoms with E-state index in [1.54, 1.807) is 0 Å². The van der Waals surface area contributed by atoms with Gasteiger partial charge < -0.3 is 14.8 Å². The number of ether oxygens (including phenoxy) is 2. The van der Waals surface area contributed by atoms with Crippen molar-refractivity contribution in [2.24, 2.45) is 0 Å². The third kappa shape index (κ3) is 5.46. The largest absolute Gasteiger partial charge is 0.490 e. The smallest absolute Gasteiger partial charge is 0.227 e. The van der Waals surface area contributed by atoms with E-state index in [0.29, 0.717) is 48.0 Å². The SMILES string of the molecule is CCOc1cc(C2C3=C(CCCC3=O)Nc3nc(SCc4ccccc4Cl)nn32)ccc1OCc1ccccc1. The van der Waals surface area contributed by atoms with E-state index >= 15 is 0 Å². The number of benzene rings is 3. The minimum absolute atomic E-state index is 0.132. The van der Waals surface area contributed by atoms with E-state index in [1.807, 2.05) is 84.4 Å². The lowest BCUT2D eigenvalue weighted by Crippen LogP contribution is -2.31. The monoisotopic (exact) mass is 572 g/mol. The molecule has 0 saturated carbocycles. The Labute approximate surface area is 242 Å². The summed E-state index contributed by atoms with van der Waals surface area (Å²) in [4.78, 5) is 18.1. The lowest BCUT2D eigenvalue weighted by molar-refractivity contribution is -0.116. The van der Waals surface area contributed by atoms with Crippen LogP contribution in [-0.4, -0.2) is 27.2 Å². The van der Waals surface area contributed by atoms with Crippen molar-refractivity contribution in [2.75, 3.05) is 11.9 Å². The third-order valence-corrected chi connectivity index (χ3v) is 8.24. The Morgan fingerprint density at radius 1 is 1.02 bits per heavy atom. The molecule has 40 heavy (non-hydrogen) atoms. The van der Waals surface area contributed by atoms with E-state index in [0.717, 1.165) is 45.8 Å². The summed E-state index contributed by atoms with van der Waals surface area (Å²) in [7, 11) is 0. The Bertz CT molecular complexity index is 1570. The van der Waals surface area contributed by atoms with E-state index in [-0.39, 0.29) is 5.78 Å². The normalized spacial score (nSPS) is 16.2. The van der Waals surface area contributed by atoms with E-state index in [1.165, 1.54) is 11.8 Å². The molecule has 1 unspecified atom stereocenters. The second-order valence-corrected chi connectivity index (χ2v) is 11.0. The Morgan fingerprint density at radius 3 is 2.67 bits per heavy atom. The summed E-state index contributed by atoms with van der Waals surface area (Å²) in [5.74, 6) is 2.69. The first-order chi connectivity index (χ1) is 19.6. The lowest BCUT2D eigenvalue weighted by atomic mass is 9.85. The number of nitrogens with zero attached hydrogens (tertiary/aromatic N) is 3. The molecule has 0 bridgehead atoms. The van der Waals surface area contributed by atoms with Crippen LogP contribution in [0.15, 0.2) is 89.2 Å². The quantitative estimate of drug-likeness (QED) is 0.212. The van der Waals surface area contributed by atoms with Gasteiger partial charge >= 0.3 is 0 Å². The van der Waals surface area contributed by atoms with Crippen LogP contribution in [0.2, 0.25) is 5.02 Å². The summed E-state index contributed by atoms with van der Waals surface area (Å²) in [6.07, 6.45) is 2.13. The number of carbonyl (C=O) groups excluding carboxylic acids is 1. The number of hydrogen-bond donors (Lipinski definition) is 1. The number of aromatic nitrogens is 3. The van der Waals surface area contributed by atoms with Gasteiger partial charge in [0.2, 0.25) is 11.1 Å². The van der Waals surface area contributed by atoms with Crippen molar-refractivity contribution in [1.29, 1.82) is 0 Å². The Hall–Kier alpha value is -3.75. The molecule has 1 aromatic heterocycles. The molecule has 2 aliphatic rings. The first-order valence-electron chi connectivity index (χ1n) is 13.4. The summed E-state index contributed by atoms with van der Waals surface area (Å²) in [5.41, 5.74) is 4.65. The fourth-order valence-corrected chi connectivity index (χ4v) is 6.20. The maximum Gasteiger partial charge on any atom is 0.227 e. The number of thioether (sulfide) groups is 1. The highest BCUT2D eigenvalue weighted by atomic mass is 35.5. The average molecular weight is 573 g/mol. The standard InChI is InChI=1S/C31H29ClN4O3S/c1-2-38-27-17-21(15-16-26(27)39-18-20-9-4-3-5-10-20)29-28-24(13-8-14-25(28)37)33-30-34-31(35-36(29)30)40-19-22-11-6-7-12-23(22)32/h3-7,9-12,15-17,29H,2,8,13-14,18-19H2,1H3,(H,33,34,35). The molecule has 3 aromatic carbocycles. The van der Waals surface area contributed by atoms with Crippen molar-refractivity contribution in [2.45, 2.75) is 49.7 Å². The van der Waals surface area contributed by atoms with Crippen molar-refractivity contribution in [3.05, 3.63) is 106 Å². The molecule has 2 heterocycles. The summed E-state index contributed by atoms with van der Waals surface area (Å²) in [6, 6.07) is 23.3. The first kappa shape index (κ1) is 26.5. The zero-order valence-corrected chi connectivity index (χ0v) is 23.7. The average Bonchev–Trinajstić information content (AvgIpc) is 3.38. The number of rotatable bonds is 9. The fourth-order valence-electron chi connectivity index (χ4n) is 5.08. The molecule has 0 fully saturated rings. The minimum Gasteiger partial charge on any atom is -0.490 e. The Balaban J connectivity index is 1.33. The molecule has 4 aromatic rings. The molecular weight excluding hydrogens is 544 g/mol. The Kier molecular flexibility index (Phi) is 7.80. The minimum atomic E-state index is -0.413. The lowest BCUT2D eigenvalue weighted by Gasteiger charge is -2.32. The molecular formula is C31H29ClN4O3S. The number of fused-ring (bicyclic) bond motifs is 1. The van der Waals surface area contributed by atoms with Gasteiger partial charge in [-0.1, -0.05) is 78.0 Å². The summed E-state index contributed by atoms with van der Waals surface area (Å²) < 4.78 is 14.0. The second kappa shape index (κ2) is 11.8. The molecule has 1 atom stereocenters. The summed E-state index contributed by atoms with van der Waals surface area (Å²) in [5, 5.41) is 9.60. The highest BCUT2D eigenvalue weighted by Crippen LogP contribution is 2.43. The maximum atomic E-state index is 13.3. The van der Waals surface area contributed by atoms with Crippen molar-refractivity contribution >= 4 is 35.1 Å². The second-order valence-electron chi connectivity index (χ2n) is 9.65. The maximum absolute atomic E-state index is 13.3. The highest BCUT2D eigenvalue weighted by Gasteiger charge is 2.37. The van der Waals surface area contributed by atoms with Gasteiger partial charge in [0, 0.05) is 28.5 Å². The van der Waals surface area contributed by atoms with Crippen molar-refractivity contribution < 1.29 is 14.3 Å². The number of anilines is 1. The van der Waals surface area contributed by atoms with Crippen LogP contribution in [0.25, 0.3) is 0 Å². The summed E-state index contributed by atoms with van der Waals surface area (Å²) in [6.45, 7) is 2.86. The van der Waals surface area contributed by atoms with Gasteiger partial charge in [0.1, 0.15) is 12.6 Å². The zero-order chi connectivity index (χ0) is 27.5. The fraction of sp³-hybridized carbons (Fsp3) is 0.258. The van der Waals surface area contributed by atoms with Gasteiger partial charge in [-0.3, -0.25) is 4.79 Å². The zero-order valence-electron chi connectivity index (χ0n) is 22.1. The van der Waals surface area contributed by atoms with Crippen LogP contribution in [-0.2, 0) is 17.2 Å². The third-order valence-electron chi connectivity index (χ3n) is 6.98. The van der Waals surface area contributed by atoms with Gasteiger partial charge in [0.05, 0.1) is 6.61 Å². The number of carbonyl (C=O) groups is 1. The van der Waals surface area contributed by atoms with Crippen LogP contribution in [0.1, 0.15) is 48.9 Å². The van der Waals surface area contributed by atoms with Crippen molar-refractivity contribution in [3.63, 3.8) is 0 Å². The van der Waals surface area contributed by atoms with Crippen LogP contribution in [0.4, 0.5) is 5.95 Å². The predicted molar refractivity (Wildman–Crippen MR) is 157 cm³/mol. The van der Waals surface area contributed by atoms with Gasteiger partial charge in [0.25, 0.3) is 0 Å². The predicted octanol–water partition coefficient (Wildman–Crippen LogP) is 7.22. The Morgan fingerprint density at radius 2 is 1.85 bits per heavy atom. The number of Topliss-reactive ketones (excluding diaryl/α,β-unsaturated/α-hetero) is 1. The topological polar surface area (TPSA) is 78.3 Å². The number of hydrogen-bond acceptors (Lipinski definition) is 7. The van der Waals surface area contributed by atoms with Crippen LogP contribution in [0.5, 0.6) is 11.5 Å². The molecule has 0 saturated heterocycles. The van der Waals surface area contributed by atoms with Gasteiger partial charge in [-0.05, 0) is 54.7 Å². The van der Waals surface area contributed by atoms with E-state index in [4.69, 9.17) is 31.2 Å². The highest BCUT2D eigenvalue weighted by molar-refractivity contribution is 7.98. The molecule has 0 amide bonds. The van der Waals surface area contributed by atoms with Crippen molar-refractivity contribution in [3.8, 4) is 11.5 Å². The molecule has 9 heteroatoms. The molecule has 204 valence electrons. The molecule has 1 N–H and O–H groups in total. The first-order valence-corrected chi connectivity index (χ1v) is 14.8. The molecule has 1 aliphatic heterocycles.